The molecule has 1 nitrogen and oxygen atoms in total. The van der Waals surface area contributed by atoms with Gasteiger partial charge in [0.05, 0.1) is 10.7 Å². The molecule has 2 heteroatoms. The van der Waals surface area contributed by atoms with Gasteiger partial charge in [0.15, 0.2) is 0 Å². The SMILES string of the molecule is CC(C)C(C)CNc1ccccc1Cl. The lowest BCUT2D eigenvalue weighted by atomic mass is 9.98. The molecule has 0 fully saturated rings. The summed E-state index contributed by atoms with van der Waals surface area (Å²) in [7, 11) is 0. The summed E-state index contributed by atoms with van der Waals surface area (Å²) in [5.41, 5.74) is 1.03. The van der Waals surface area contributed by atoms with Crippen molar-refractivity contribution in [2.45, 2.75) is 20.8 Å². The zero-order valence-electron chi connectivity index (χ0n) is 9.05. The van der Waals surface area contributed by atoms with Crippen LogP contribution < -0.4 is 5.32 Å². The maximum absolute atomic E-state index is 6.02. The van der Waals surface area contributed by atoms with E-state index in [9.17, 15) is 0 Å². The van der Waals surface area contributed by atoms with Crippen LogP contribution in [-0.2, 0) is 0 Å². The second-order valence-corrected chi connectivity index (χ2v) is 4.49. The zero-order valence-corrected chi connectivity index (χ0v) is 9.81. The highest BCUT2D eigenvalue weighted by Crippen LogP contribution is 2.21. The maximum atomic E-state index is 6.02. The van der Waals surface area contributed by atoms with Crippen molar-refractivity contribution in [1.82, 2.24) is 0 Å². The lowest BCUT2D eigenvalue weighted by Crippen LogP contribution is -2.16. The van der Waals surface area contributed by atoms with Crippen LogP contribution in [0.15, 0.2) is 24.3 Å². The Labute approximate surface area is 91.5 Å². The number of nitrogens with one attached hydrogen (secondary N) is 1. The molecule has 0 aliphatic carbocycles. The van der Waals surface area contributed by atoms with Crippen molar-refractivity contribution in [2.75, 3.05) is 11.9 Å². The van der Waals surface area contributed by atoms with Gasteiger partial charge in [0.2, 0.25) is 0 Å². The molecule has 78 valence electrons. The molecule has 1 unspecified atom stereocenters. The fourth-order valence-electron chi connectivity index (χ4n) is 1.11. The van der Waals surface area contributed by atoms with Crippen molar-refractivity contribution in [3.63, 3.8) is 0 Å². The fraction of sp³-hybridized carbons (Fsp3) is 0.500. The van der Waals surface area contributed by atoms with Crippen LogP contribution >= 0.6 is 11.6 Å². The minimum absolute atomic E-state index is 0.659. The largest absolute Gasteiger partial charge is 0.384 e. The Morgan fingerprint density at radius 1 is 1.21 bits per heavy atom. The molecule has 0 aliphatic heterocycles. The van der Waals surface area contributed by atoms with E-state index in [1.54, 1.807) is 0 Å². The number of hydrogen-bond donors (Lipinski definition) is 1. The molecule has 0 aliphatic rings. The number of benzene rings is 1. The smallest absolute Gasteiger partial charge is 0.0637 e. The molecular formula is C12H18ClN. The number of halogens is 1. The van der Waals surface area contributed by atoms with E-state index in [0.717, 1.165) is 17.3 Å². The normalized spacial score (nSPS) is 12.9. The molecule has 0 radical (unpaired) electrons. The highest BCUT2D eigenvalue weighted by molar-refractivity contribution is 6.33. The summed E-state index contributed by atoms with van der Waals surface area (Å²) in [5, 5.41) is 4.16. The monoisotopic (exact) mass is 211 g/mol. The third-order valence-electron chi connectivity index (χ3n) is 2.63. The van der Waals surface area contributed by atoms with Crippen LogP contribution in [0.3, 0.4) is 0 Å². The summed E-state index contributed by atoms with van der Waals surface area (Å²) in [6, 6.07) is 7.85. The zero-order chi connectivity index (χ0) is 10.6. The van der Waals surface area contributed by atoms with E-state index in [0.29, 0.717) is 11.8 Å². The first-order valence-corrected chi connectivity index (χ1v) is 5.47. The topological polar surface area (TPSA) is 12.0 Å². The van der Waals surface area contributed by atoms with Gasteiger partial charge in [-0.05, 0) is 24.0 Å². The molecule has 1 aromatic rings. The molecular weight excluding hydrogens is 194 g/mol. The third-order valence-corrected chi connectivity index (χ3v) is 2.96. The van der Waals surface area contributed by atoms with Crippen LogP contribution in [-0.4, -0.2) is 6.54 Å². The van der Waals surface area contributed by atoms with Crippen molar-refractivity contribution in [1.29, 1.82) is 0 Å². The van der Waals surface area contributed by atoms with Crippen LogP contribution in [0.1, 0.15) is 20.8 Å². The van der Waals surface area contributed by atoms with Crippen LogP contribution in [0.25, 0.3) is 0 Å². The van der Waals surface area contributed by atoms with Gasteiger partial charge in [-0.25, -0.2) is 0 Å². The quantitative estimate of drug-likeness (QED) is 0.793. The van der Waals surface area contributed by atoms with E-state index in [-0.39, 0.29) is 0 Å². The first kappa shape index (κ1) is 11.4. The number of anilines is 1. The molecule has 0 spiro atoms. The standard InChI is InChI=1S/C12H18ClN/c1-9(2)10(3)8-14-12-7-5-4-6-11(12)13/h4-7,9-10,14H,8H2,1-3H3. The predicted molar refractivity (Wildman–Crippen MR) is 63.9 cm³/mol. The van der Waals surface area contributed by atoms with Crippen LogP contribution in [0, 0.1) is 11.8 Å². The molecule has 1 aromatic carbocycles. The van der Waals surface area contributed by atoms with E-state index < -0.39 is 0 Å². The summed E-state index contributed by atoms with van der Waals surface area (Å²) in [6.45, 7) is 7.69. The van der Waals surface area contributed by atoms with Gasteiger partial charge in [0, 0.05) is 6.54 Å². The number of para-hydroxylation sites is 1. The summed E-state index contributed by atoms with van der Waals surface area (Å²) in [6.07, 6.45) is 0. The molecule has 14 heavy (non-hydrogen) atoms. The van der Waals surface area contributed by atoms with E-state index in [1.807, 2.05) is 24.3 Å². The van der Waals surface area contributed by atoms with Crippen molar-refractivity contribution in [2.24, 2.45) is 11.8 Å². The van der Waals surface area contributed by atoms with Gasteiger partial charge in [-0.3, -0.25) is 0 Å². The second-order valence-electron chi connectivity index (χ2n) is 4.08. The van der Waals surface area contributed by atoms with E-state index in [1.165, 1.54) is 0 Å². The van der Waals surface area contributed by atoms with Gasteiger partial charge >= 0.3 is 0 Å². The van der Waals surface area contributed by atoms with Crippen molar-refractivity contribution in [3.05, 3.63) is 29.3 Å². The van der Waals surface area contributed by atoms with E-state index in [2.05, 4.69) is 26.1 Å². The van der Waals surface area contributed by atoms with Gasteiger partial charge < -0.3 is 5.32 Å². The number of hydrogen-bond acceptors (Lipinski definition) is 1. The van der Waals surface area contributed by atoms with Gasteiger partial charge in [-0.1, -0.05) is 44.5 Å². The summed E-state index contributed by atoms with van der Waals surface area (Å²) < 4.78 is 0. The van der Waals surface area contributed by atoms with Gasteiger partial charge in [-0.15, -0.1) is 0 Å². The Morgan fingerprint density at radius 3 is 2.43 bits per heavy atom. The van der Waals surface area contributed by atoms with Gasteiger partial charge in [-0.2, -0.15) is 0 Å². The van der Waals surface area contributed by atoms with Crippen LogP contribution in [0.5, 0.6) is 0 Å². The van der Waals surface area contributed by atoms with Crippen LogP contribution in [0.2, 0.25) is 5.02 Å². The van der Waals surface area contributed by atoms with E-state index in [4.69, 9.17) is 11.6 Å². The lowest BCUT2D eigenvalue weighted by molar-refractivity contribution is 0.440. The first-order valence-electron chi connectivity index (χ1n) is 5.09. The molecule has 0 amide bonds. The van der Waals surface area contributed by atoms with Crippen molar-refractivity contribution >= 4 is 17.3 Å². The minimum Gasteiger partial charge on any atom is -0.384 e. The molecule has 0 bridgehead atoms. The Kier molecular flexibility index (Phi) is 4.27. The molecule has 0 saturated heterocycles. The lowest BCUT2D eigenvalue weighted by Gasteiger charge is -2.17. The second kappa shape index (κ2) is 5.26. The third kappa shape index (κ3) is 3.22. The van der Waals surface area contributed by atoms with Crippen molar-refractivity contribution in [3.8, 4) is 0 Å². The average Bonchev–Trinajstić information content (AvgIpc) is 2.16. The highest BCUT2D eigenvalue weighted by Gasteiger charge is 2.07. The summed E-state index contributed by atoms with van der Waals surface area (Å²) in [5.74, 6) is 1.36. The summed E-state index contributed by atoms with van der Waals surface area (Å²) >= 11 is 6.02. The van der Waals surface area contributed by atoms with E-state index >= 15 is 0 Å². The first-order chi connectivity index (χ1) is 6.61. The molecule has 0 aromatic heterocycles. The molecule has 1 atom stereocenters. The summed E-state index contributed by atoms with van der Waals surface area (Å²) in [4.78, 5) is 0. The molecule has 1 rings (SSSR count). The predicted octanol–water partition coefficient (Wildman–Crippen LogP) is 4.04. The number of rotatable bonds is 4. The maximum Gasteiger partial charge on any atom is 0.0637 e. The Balaban J connectivity index is 2.50. The molecule has 0 heterocycles. The Morgan fingerprint density at radius 2 is 1.86 bits per heavy atom. The fourth-order valence-corrected chi connectivity index (χ4v) is 1.31. The Hall–Kier alpha value is -0.690. The van der Waals surface area contributed by atoms with Crippen LogP contribution in [0.4, 0.5) is 5.69 Å². The molecule has 0 saturated carbocycles. The Bertz CT molecular complexity index is 283. The molecule has 1 N–H and O–H groups in total. The average molecular weight is 212 g/mol. The minimum atomic E-state index is 0.659. The van der Waals surface area contributed by atoms with Crippen molar-refractivity contribution < 1.29 is 0 Å². The highest BCUT2D eigenvalue weighted by atomic mass is 35.5. The van der Waals surface area contributed by atoms with Gasteiger partial charge in [0.25, 0.3) is 0 Å². The van der Waals surface area contributed by atoms with Gasteiger partial charge in [0.1, 0.15) is 0 Å².